The van der Waals surface area contributed by atoms with Crippen LogP contribution in [-0.4, -0.2) is 40.6 Å². The molecule has 1 saturated heterocycles. The van der Waals surface area contributed by atoms with Crippen molar-refractivity contribution in [1.29, 1.82) is 0 Å². The van der Waals surface area contributed by atoms with Crippen molar-refractivity contribution in [3.8, 4) is 0 Å². The van der Waals surface area contributed by atoms with Crippen molar-refractivity contribution in [2.45, 2.75) is 31.2 Å². The molecule has 1 fully saturated rings. The zero-order valence-corrected chi connectivity index (χ0v) is 15.1. The van der Waals surface area contributed by atoms with Crippen LogP contribution in [0.1, 0.15) is 29.3 Å². The lowest BCUT2D eigenvalue weighted by atomic mass is 9.97. The topological polar surface area (TPSA) is 84.5 Å². The minimum Gasteiger partial charge on any atom is -0.465 e. The first-order valence-corrected chi connectivity index (χ1v) is 8.75. The standard InChI is InChI=1S/C15H22N2O4S.ClH/c1-10-8-12(4-5-13(10)15(18)21-3)22(19,20)17-14-6-7-16-9-11(14)2;/h4-5,8,11,14,16-17H,6-7,9H2,1-3H3;1H. The SMILES string of the molecule is COC(=O)c1ccc(S(=O)(=O)NC2CCNCC2C)cc1C.Cl. The van der Waals surface area contributed by atoms with E-state index in [2.05, 4.69) is 14.8 Å². The molecule has 1 aliphatic heterocycles. The first kappa shape index (κ1) is 19.9. The first-order valence-electron chi connectivity index (χ1n) is 7.27. The number of carbonyl (C=O) groups is 1. The number of carbonyl (C=O) groups excluding carboxylic acids is 1. The molecule has 8 heteroatoms. The molecule has 0 amide bonds. The molecule has 23 heavy (non-hydrogen) atoms. The first-order chi connectivity index (χ1) is 10.3. The van der Waals surface area contributed by atoms with Gasteiger partial charge in [0.1, 0.15) is 0 Å². The fourth-order valence-corrected chi connectivity index (χ4v) is 4.06. The van der Waals surface area contributed by atoms with E-state index in [1.165, 1.54) is 25.3 Å². The summed E-state index contributed by atoms with van der Waals surface area (Å²) < 4.78 is 32.4. The van der Waals surface area contributed by atoms with Gasteiger partial charge < -0.3 is 10.1 Å². The number of piperidine rings is 1. The van der Waals surface area contributed by atoms with Crippen LogP contribution in [0, 0.1) is 12.8 Å². The van der Waals surface area contributed by atoms with E-state index >= 15 is 0 Å². The number of benzene rings is 1. The highest BCUT2D eigenvalue weighted by Crippen LogP contribution is 2.19. The number of ether oxygens (including phenoxy) is 1. The second kappa shape index (κ2) is 8.10. The number of esters is 1. The molecule has 1 heterocycles. The highest BCUT2D eigenvalue weighted by molar-refractivity contribution is 7.89. The Morgan fingerprint density at radius 2 is 2.09 bits per heavy atom. The number of rotatable bonds is 4. The Labute approximate surface area is 143 Å². The van der Waals surface area contributed by atoms with Crippen molar-refractivity contribution in [3.05, 3.63) is 29.3 Å². The van der Waals surface area contributed by atoms with Crippen molar-refractivity contribution < 1.29 is 17.9 Å². The molecular weight excluding hydrogens is 340 g/mol. The number of nitrogens with one attached hydrogen (secondary N) is 2. The predicted octanol–water partition coefficient (Wildman–Crippen LogP) is 1.48. The van der Waals surface area contributed by atoms with Crippen LogP contribution in [0.15, 0.2) is 23.1 Å². The number of halogens is 1. The third kappa shape index (κ3) is 4.67. The van der Waals surface area contributed by atoms with Gasteiger partial charge in [-0.3, -0.25) is 0 Å². The fourth-order valence-electron chi connectivity index (χ4n) is 2.60. The van der Waals surface area contributed by atoms with Crippen molar-refractivity contribution in [2.24, 2.45) is 5.92 Å². The van der Waals surface area contributed by atoms with E-state index in [-0.39, 0.29) is 29.3 Å². The van der Waals surface area contributed by atoms with Gasteiger partial charge in [-0.15, -0.1) is 12.4 Å². The molecule has 130 valence electrons. The molecule has 1 aromatic rings. The maximum absolute atomic E-state index is 12.5. The average molecular weight is 363 g/mol. The second-order valence-electron chi connectivity index (χ2n) is 5.67. The zero-order valence-electron chi connectivity index (χ0n) is 13.5. The number of hydrogen-bond donors (Lipinski definition) is 2. The third-order valence-electron chi connectivity index (χ3n) is 4.01. The van der Waals surface area contributed by atoms with E-state index < -0.39 is 16.0 Å². The summed E-state index contributed by atoms with van der Waals surface area (Å²) in [5, 5.41) is 3.24. The maximum atomic E-state index is 12.5. The normalized spacial score (nSPS) is 21.3. The summed E-state index contributed by atoms with van der Waals surface area (Å²) >= 11 is 0. The average Bonchev–Trinajstić information content (AvgIpc) is 2.48. The van der Waals surface area contributed by atoms with E-state index in [4.69, 9.17) is 0 Å². The van der Waals surface area contributed by atoms with Gasteiger partial charge in [0, 0.05) is 6.04 Å². The molecule has 6 nitrogen and oxygen atoms in total. The van der Waals surface area contributed by atoms with E-state index in [1.807, 2.05) is 6.92 Å². The smallest absolute Gasteiger partial charge is 0.338 e. The van der Waals surface area contributed by atoms with Crippen LogP contribution in [0.4, 0.5) is 0 Å². The van der Waals surface area contributed by atoms with Gasteiger partial charge in [0.15, 0.2) is 0 Å². The van der Waals surface area contributed by atoms with Crippen LogP contribution < -0.4 is 10.0 Å². The predicted molar refractivity (Wildman–Crippen MR) is 90.5 cm³/mol. The summed E-state index contributed by atoms with van der Waals surface area (Å²) in [4.78, 5) is 11.7. The van der Waals surface area contributed by atoms with Crippen molar-refractivity contribution in [2.75, 3.05) is 20.2 Å². The van der Waals surface area contributed by atoms with E-state index in [1.54, 1.807) is 6.92 Å². The highest BCUT2D eigenvalue weighted by Gasteiger charge is 2.27. The monoisotopic (exact) mass is 362 g/mol. The summed E-state index contributed by atoms with van der Waals surface area (Å²) in [6, 6.07) is 4.35. The Bertz CT molecular complexity index is 663. The van der Waals surface area contributed by atoms with Gasteiger partial charge in [0.25, 0.3) is 0 Å². The van der Waals surface area contributed by atoms with Crippen molar-refractivity contribution in [3.63, 3.8) is 0 Å². The summed E-state index contributed by atoms with van der Waals surface area (Å²) in [6.07, 6.45) is 0.764. The third-order valence-corrected chi connectivity index (χ3v) is 5.49. The molecule has 0 aliphatic carbocycles. The maximum Gasteiger partial charge on any atom is 0.338 e. The van der Waals surface area contributed by atoms with Crippen LogP contribution in [0.3, 0.4) is 0 Å². The van der Waals surface area contributed by atoms with Crippen LogP contribution in [-0.2, 0) is 14.8 Å². The van der Waals surface area contributed by atoms with Gasteiger partial charge in [0.2, 0.25) is 10.0 Å². The van der Waals surface area contributed by atoms with Gasteiger partial charge in [-0.2, -0.15) is 0 Å². The molecule has 2 N–H and O–H groups in total. The van der Waals surface area contributed by atoms with E-state index in [0.29, 0.717) is 11.1 Å². The van der Waals surface area contributed by atoms with Gasteiger partial charge in [0.05, 0.1) is 17.6 Å². The summed E-state index contributed by atoms with van der Waals surface area (Å²) in [5.74, 6) is -0.236. The zero-order chi connectivity index (χ0) is 16.3. The largest absolute Gasteiger partial charge is 0.465 e. The molecular formula is C15H23ClN2O4S. The molecule has 0 spiro atoms. The fraction of sp³-hybridized carbons (Fsp3) is 0.533. The lowest BCUT2D eigenvalue weighted by Crippen LogP contribution is -2.48. The lowest BCUT2D eigenvalue weighted by molar-refractivity contribution is 0.0600. The van der Waals surface area contributed by atoms with Crippen LogP contribution in [0.5, 0.6) is 0 Å². The summed E-state index contributed by atoms with van der Waals surface area (Å²) in [7, 11) is -2.30. The Kier molecular flexibility index (Phi) is 7.01. The number of methoxy groups -OCH3 is 1. The molecule has 0 saturated carbocycles. The molecule has 0 radical (unpaired) electrons. The number of sulfonamides is 1. The Balaban J connectivity index is 0.00000264. The van der Waals surface area contributed by atoms with Crippen molar-refractivity contribution >= 4 is 28.4 Å². The molecule has 1 aromatic carbocycles. The van der Waals surface area contributed by atoms with Gasteiger partial charge >= 0.3 is 5.97 Å². The number of hydrogen-bond acceptors (Lipinski definition) is 5. The number of aryl methyl sites for hydroxylation is 1. The van der Waals surface area contributed by atoms with E-state index in [9.17, 15) is 13.2 Å². The Hall–Kier alpha value is -1.15. The molecule has 0 aromatic heterocycles. The van der Waals surface area contributed by atoms with Gasteiger partial charge in [-0.25, -0.2) is 17.9 Å². The van der Waals surface area contributed by atoms with Crippen molar-refractivity contribution in [1.82, 2.24) is 10.0 Å². The molecule has 2 atom stereocenters. The van der Waals surface area contributed by atoms with Gasteiger partial charge in [-0.05, 0) is 56.1 Å². The van der Waals surface area contributed by atoms with Crippen LogP contribution in [0.25, 0.3) is 0 Å². The molecule has 0 bridgehead atoms. The van der Waals surface area contributed by atoms with Gasteiger partial charge in [-0.1, -0.05) is 6.92 Å². The van der Waals surface area contributed by atoms with Crippen LogP contribution >= 0.6 is 12.4 Å². The molecule has 1 aliphatic rings. The molecule has 2 rings (SSSR count). The minimum atomic E-state index is -3.59. The Morgan fingerprint density at radius 3 is 2.65 bits per heavy atom. The summed E-state index contributed by atoms with van der Waals surface area (Å²) in [6.45, 7) is 5.31. The lowest BCUT2D eigenvalue weighted by Gasteiger charge is -2.30. The van der Waals surface area contributed by atoms with Crippen LogP contribution in [0.2, 0.25) is 0 Å². The second-order valence-corrected chi connectivity index (χ2v) is 7.38. The summed E-state index contributed by atoms with van der Waals surface area (Å²) in [5.41, 5.74) is 0.949. The Morgan fingerprint density at radius 1 is 1.39 bits per heavy atom. The highest BCUT2D eigenvalue weighted by atomic mass is 35.5. The van der Waals surface area contributed by atoms with E-state index in [0.717, 1.165) is 19.5 Å². The minimum absolute atomic E-state index is 0. The molecule has 2 unspecified atom stereocenters. The quantitative estimate of drug-likeness (QED) is 0.792.